The molecular formula is C16H23Cl2N3OS. The van der Waals surface area contributed by atoms with Crippen molar-refractivity contribution in [1.82, 2.24) is 9.88 Å². The molecule has 1 amide bonds. The van der Waals surface area contributed by atoms with Crippen molar-refractivity contribution in [3.8, 4) is 0 Å². The van der Waals surface area contributed by atoms with E-state index in [1.165, 1.54) is 16.9 Å². The average molecular weight is 376 g/mol. The van der Waals surface area contributed by atoms with Crippen molar-refractivity contribution in [3.63, 3.8) is 0 Å². The smallest absolute Gasteiger partial charge is 0.265 e. The minimum absolute atomic E-state index is 0. The summed E-state index contributed by atoms with van der Waals surface area (Å²) in [6.07, 6.45) is 0.837. The molecule has 0 aliphatic rings. The Bertz CT molecular complexity index is 605. The van der Waals surface area contributed by atoms with Gasteiger partial charge in [-0.25, -0.2) is 4.98 Å². The highest BCUT2D eigenvalue weighted by Crippen LogP contribution is 2.19. The summed E-state index contributed by atoms with van der Waals surface area (Å²) < 4.78 is 0. The summed E-state index contributed by atoms with van der Waals surface area (Å²) in [6.45, 7) is 5.52. The second-order valence-electron chi connectivity index (χ2n) is 4.96. The Morgan fingerprint density at radius 1 is 1.17 bits per heavy atom. The molecule has 0 radical (unpaired) electrons. The molecule has 7 heteroatoms. The third-order valence-corrected chi connectivity index (χ3v) is 4.36. The Hall–Kier alpha value is -1.14. The molecular weight excluding hydrogens is 353 g/mol. The van der Waals surface area contributed by atoms with Gasteiger partial charge in [0, 0.05) is 19.6 Å². The number of benzene rings is 1. The molecule has 0 atom stereocenters. The number of carbonyl (C=O) groups excluding carboxylic acids is 1. The lowest BCUT2D eigenvalue weighted by Crippen LogP contribution is -2.36. The van der Waals surface area contributed by atoms with E-state index in [1.54, 1.807) is 0 Å². The molecule has 0 spiro atoms. The minimum Gasteiger partial charge on any atom is -0.336 e. The fraction of sp³-hybridized carbons (Fsp3) is 0.375. The highest BCUT2D eigenvalue weighted by atomic mass is 35.5. The monoisotopic (exact) mass is 375 g/mol. The molecule has 1 heterocycles. The lowest BCUT2D eigenvalue weighted by Gasteiger charge is -2.21. The first-order valence-corrected chi connectivity index (χ1v) is 7.90. The summed E-state index contributed by atoms with van der Waals surface area (Å²) in [5.74, 6) is 0.0412. The fourth-order valence-corrected chi connectivity index (χ4v) is 3.14. The molecule has 0 bridgehead atoms. The van der Waals surface area contributed by atoms with E-state index in [9.17, 15) is 4.79 Å². The van der Waals surface area contributed by atoms with Crippen LogP contribution in [0, 0.1) is 13.8 Å². The van der Waals surface area contributed by atoms with Gasteiger partial charge in [0.1, 0.15) is 4.88 Å². The standard InChI is InChI=1S/C16H21N3OS.2ClH/c1-12-15(21-13(2)18-12)16(20)19(11-9-17)10-8-14-6-4-3-5-7-14;;/h3-7H,8-11,17H2,1-2H3;2*1H. The number of carbonyl (C=O) groups is 1. The number of halogens is 2. The van der Waals surface area contributed by atoms with Gasteiger partial charge in [0.25, 0.3) is 5.91 Å². The molecule has 128 valence electrons. The maximum Gasteiger partial charge on any atom is 0.265 e. The summed E-state index contributed by atoms with van der Waals surface area (Å²) in [5, 5.41) is 0.923. The van der Waals surface area contributed by atoms with E-state index in [4.69, 9.17) is 5.73 Å². The summed E-state index contributed by atoms with van der Waals surface area (Å²) in [5.41, 5.74) is 7.69. The Balaban J connectivity index is 0.00000242. The average Bonchev–Trinajstić information content (AvgIpc) is 2.82. The van der Waals surface area contributed by atoms with E-state index in [-0.39, 0.29) is 30.7 Å². The predicted molar refractivity (Wildman–Crippen MR) is 101 cm³/mol. The van der Waals surface area contributed by atoms with Gasteiger partial charge in [-0.1, -0.05) is 30.3 Å². The molecule has 4 nitrogen and oxygen atoms in total. The Morgan fingerprint density at radius 2 is 1.83 bits per heavy atom. The fourth-order valence-electron chi connectivity index (χ4n) is 2.25. The molecule has 0 saturated carbocycles. The summed E-state index contributed by atoms with van der Waals surface area (Å²) in [6, 6.07) is 10.2. The quantitative estimate of drug-likeness (QED) is 0.842. The first kappa shape index (κ1) is 21.9. The van der Waals surface area contributed by atoms with Gasteiger partial charge < -0.3 is 10.6 Å². The van der Waals surface area contributed by atoms with Crippen LogP contribution in [-0.2, 0) is 6.42 Å². The minimum atomic E-state index is 0. The first-order chi connectivity index (χ1) is 10.1. The lowest BCUT2D eigenvalue weighted by atomic mass is 10.1. The van der Waals surface area contributed by atoms with Gasteiger partial charge in [-0.15, -0.1) is 36.2 Å². The van der Waals surface area contributed by atoms with Crippen LogP contribution >= 0.6 is 36.2 Å². The van der Waals surface area contributed by atoms with E-state index in [2.05, 4.69) is 17.1 Å². The van der Waals surface area contributed by atoms with Crippen LogP contribution in [0.25, 0.3) is 0 Å². The third-order valence-electron chi connectivity index (χ3n) is 3.30. The van der Waals surface area contributed by atoms with Crippen molar-refractivity contribution in [2.24, 2.45) is 5.73 Å². The summed E-state index contributed by atoms with van der Waals surface area (Å²) in [4.78, 5) is 19.5. The van der Waals surface area contributed by atoms with Gasteiger partial charge in [-0.3, -0.25) is 4.79 Å². The van der Waals surface area contributed by atoms with E-state index < -0.39 is 0 Å². The highest BCUT2D eigenvalue weighted by molar-refractivity contribution is 7.13. The van der Waals surface area contributed by atoms with E-state index in [0.717, 1.165) is 22.0 Å². The van der Waals surface area contributed by atoms with Gasteiger partial charge in [-0.2, -0.15) is 0 Å². The second-order valence-corrected chi connectivity index (χ2v) is 6.17. The molecule has 0 unspecified atom stereocenters. The zero-order valence-electron chi connectivity index (χ0n) is 13.3. The van der Waals surface area contributed by atoms with Crippen molar-refractivity contribution < 1.29 is 4.79 Å². The van der Waals surface area contributed by atoms with Crippen molar-refractivity contribution in [1.29, 1.82) is 0 Å². The van der Waals surface area contributed by atoms with Crippen molar-refractivity contribution >= 4 is 42.1 Å². The molecule has 23 heavy (non-hydrogen) atoms. The van der Waals surface area contributed by atoms with Crippen LogP contribution in [0.2, 0.25) is 0 Å². The maximum atomic E-state index is 12.6. The van der Waals surface area contributed by atoms with Crippen molar-refractivity contribution in [3.05, 3.63) is 51.5 Å². The molecule has 1 aromatic heterocycles. The van der Waals surface area contributed by atoms with Gasteiger partial charge in [0.15, 0.2) is 0 Å². The first-order valence-electron chi connectivity index (χ1n) is 7.09. The molecule has 2 N–H and O–H groups in total. The van der Waals surface area contributed by atoms with Crippen molar-refractivity contribution in [2.45, 2.75) is 20.3 Å². The number of hydrogen-bond acceptors (Lipinski definition) is 4. The molecule has 0 aliphatic carbocycles. The zero-order chi connectivity index (χ0) is 15.2. The number of aryl methyl sites for hydroxylation is 2. The molecule has 0 saturated heterocycles. The second kappa shape index (κ2) is 10.6. The SMILES string of the molecule is Cc1nc(C)c(C(=O)N(CCN)CCc2ccccc2)s1.Cl.Cl. The van der Waals surface area contributed by atoms with Gasteiger partial charge in [-0.05, 0) is 25.8 Å². The largest absolute Gasteiger partial charge is 0.336 e. The molecule has 1 aromatic carbocycles. The normalized spacial score (nSPS) is 9.70. The van der Waals surface area contributed by atoms with Gasteiger partial charge in [0.05, 0.1) is 10.7 Å². The zero-order valence-corrected chi connectivity index (χ0v) is 15.8. The van der Waals surface area contributed by atoms with E-state index in [0.29, 0.717) is 19.6 Å². The number of rotatable bonds is 6. The third kappa shape index (κ3) is 6.11. The number of nitrogens with zero attached hydrogens (tertiary/aromatic N) is 2. The predicted octanol–water partition coefficient (Wildman–Crippen LogP) is 3.25. The van der Waals surface area contributed by atoms with Crippen LogP contribution < -0.4 is 5.73 Å². The Morgan fingerprint density at radius 3 is 2.35 bits per heavy atom. The topological polar surface area (TPSA) is 59.2 Å². The number of amides is 1. The molecule has 0 fully saturated rings. The number of hydrogen-bond donors (Lipinski definition) is 1. The van der Waals surface area contributed by atoms with Crippen LogP contribution in [0.1, 0.15) is 25.9 Å². The van der Waals surface area contributed by atoms with Gasteiger partial charge >= 0.3 is 0 Å². The number of thiazole rings is 1. The highest BCUT2D eigenvalue weighted by Gasteiger charge is 2.20. The van der Waals surface area contributed by atoms with Gasteiger partial charge in [0.2, 0.25) is 0 Å². The number of nitrogens with two attached hydrogens (primary N) is 1. The Kier molecular flexibility index (Phi) is 10.1. The van der Waals surface area contributed by atoms with Crippen LogP contribution in [-0.4, -0.2) is 35.4 Å². The van der Waals surface area contributed by atoms with Crippen LogP contribution in [0.15, 0.2) is 30.3 Å². The van der Waals surface area contributed by atoms with E-state index in [1.807, 2.05) is 36.9 Å². The Labute approximate surface area is 153 Å². The van der Waals surface area contributed by atoms with Crippen molar-refractivity contribution in [2.75, 3.05) is 19.6 Å². The van der Waals surface area contributed by atoms with Crippen LogP contribution in [0.5, 0.6) is 0 Å². The molecule has 2 aromatic rings. The van der Waals surface area contributed by atoms with Crippen LogP contribution in [0.3, 0.4) is 0 Å². The lowest BCUT2D eigenvalue weighted by molar-refractivity contribution is 0.0766. The summed E-state index contributed by atoms with van der Waals surface area (Å²) >= 11 is 1.46. The van der Waals surface area contributed by atoms with E-state index >= 15 is 0 Å². The summed E-state index contributed by atoms with van der Waals surface area (Å²) in [7, 11) is 0. The van der Waals surface area contributed by atoms with Crippen LogP contribution in [0.4, 0.5) is 0 Å². The number of aromatic nitrogens is 1. The molecule has 2 rings (SSSR count). The molecule has 0 aliphatic heterocycles. The maximum absolute atomic E-state index is 12.6.